The molecule has 0 saturated carbocycles. The topological polar surface area (TPSA) is 33.1 Å². The number of hydrogen-bond donors (Lipinski definition) is 1. The molecule has 0 radical (unpaired) electrons. The van der Waals surface area contributed by atoms with Crippen LogP contribution in [0.3, 0.4) is 0 Å². The summed E-state index contributed by atoms with van der Waals surface area (Å²) in [6, 6.07) is 2.23. The van der Waals surface area contributed by atoms with Gasteiger partial charge in [0.15, 0.2) is 6.10 Å². The molecule has 1 unspecified atom stereocenters. The molecule has 5 heteroatoms. The van der Waals surface area contributed by atoms with E-state index in [-0.39, 0.29) is 0 Å². The number of halogens is 3. The number of pyridine rings is 1. The van der Waals surface area contributed by atoms with Gasteiger partial charge in [0.05, 0.1) is 0 Å². The molecule has 66 valence electrons. The fourth-order valence-electron chi connectivity index (χ4n) is 0.735. The fourth-order valence-corrected chi connectivity index (χ4v) is 0.735. The maximum atomic E-state index is 12.6. The molecule has 0 aliphatic heterocycles. The molecule has 0 spiro atoms. The zero-order valence-corrected chi connectivity index (χ0v) is 5.92. The van der Waals surface area contributed by atoms with Crippen molar-refractivity contribution < 1.29 is 18.3 Å². The summed E-state index contributed by atoms with van der Waals surface area (Å²) >= 11 is 0. The summed E-state index contributed by atoms with van der Waals surface area (Å²) in [5, 5.41) is 8.73. The van der Waals surface area contributed by atoms with E-state index >= 15 is 0 Å². The monoisotopic (exact) mass is 177 g/mol. The van der Waals surface area contributed by atoms with Gasteiger partial charge in [-0.15, -0.1) is 0 Å². The molecule has 1 aromatic rings. The third-order valence-corrected chi connectivity index (χ3v) is 1.31. The van der Waals surface area contributed by atoms with Gasteiger partial charge in [0.2, 0.25) is 0 Å². The van der Waals surface area contributed by atoms with E-state index in [9.17, 15) is 13.2 Å². The van der Waals surface area contributed by atoms with Crippen LogP contribution in [0, 0.1) is 5.82 Å². The van der Waals surface area contributed by atoms with Crippen molar-refractivity contribution in [3.05, 3.63) is 29.8 Å². The smallest absolute Gasteiger partial charge is 0.269 e. The van der Waals surface area contributed by atoms with Crippen LogP contribution in [0.4, 0.5) is 13.2 Å². The third-order valence-electron chi connectivity index (χ3n) is 1.31. The van der Waals surface area contributed by atoms with Crippen LogP contribution in [0.25, 0.3) is 0 Å². The van der Waals surface area contributed by atoms with E-state index in [2.05, 4.69) is 4.98 Å². The van der Waals surface area contributed by atoms with Gasteiger partial charge in [-0.1, -0.05) is 0 Å². The zero-order valence-electron chi connectivity index (χ0n) is 5.92. The average Bonchev–Trinajstić information content (AvgIpc) is 2.04. The van der Waals surface area contributed by atoms with E-state index in [0.717, 1.165) is 12.3 Å². The second-order valence-electron chi connectivity index (χ2n) is 2.15. The van der Waals surface area contributed by atoms with Gasteiger partial charge in [-0.3, -0.25) is 4.98 Å². The highest BCUT2D eigenvalue weighted by Crippen LogP contribution is 2.20. The van der Waals surface area contributed by atoms with Crippen LogP contribution >= 0.6 is 0 Å². The van der Waals surface area contributed by atoms with Gasteiger partial charge in [-0.25, -0.2) is 13.2 Å². The number of rotatable bonds is 2. The normalized spacial score (nSPS) is 13.4. The minimum atomic E-state index is -3.02. The molecule has 0 aliphatic carbocycles. The van der Waals surface area contributed by atoms with Crippen LogP contribution in [0.1, 0.15) is 11.8 Å². The summed E-state index contributed by atoms with van der Waals surface area (Å²) in [5.41, 5.74) is -0.618. The first kappa shape index (κ1) is 8.99. The first-order valence-electron chi connectivity index (χ1n) is 3.19. The Labute approximate surface area is 66.7 Å². The Kier molecular flexibility index (Phi) is 2.65. The molecule has 0 bridgehead atoms. The number of hydrogen-bond acceptors (Lipinski definition) is 2. The Hall–Kier alpha value is -1.10. The largest absolute Gasteiger partial charge is 0.381 e. The van der Waals surface area contributed by atoms with Gasteiger partial charge in [0.25, 0.3) is 6.43 Å². The van der Waals surface area contributed by atoms with Crippen LogP contribution in [0.2, 0.25) is 0 Å². The maximum Gasteiger partial charge on any atom is 0.269 e. The van der Waals surface area contributed by atoms with Crippen LogP contribution in [-0.4, -0.2) is 16.5 Å². The van der Waals surface area contributed by atoms with Crippen molar-refractivity contribution in [1.29, 1.82) is 0 Å². The highest BCUT2D eigenvalue weighted by atomic mass is 19.3. The van der Waals surface area contributed by atoms with Crippen LogP contribution in [0.5, 0.6) is 0 Å². The van der Waals surface area contributed by atoms with E-state index in [1.165, 1.54) is 6.07 Å². The Morgan fingerprint density at radius 3 is 2.58 bits per heavy atom. The fraction of sp³-hybridized carbons (Fsp3) is 0.286. The minimum Gasteiger partial charge on any atom is -0.381 e. The lowest BCUT2D eigenvalue weighted by Gasteiger charge is -2.08. The van der Waals surface area contributed by atoms with Crippen LogP contribution < -0.4 is 0 Å². The van der Waals surface area contributed by atoms with Gasteiger partial charge in [0.1, 0.15) is 11.5 Å². The van der Waals surface area contributed by atoms with Gasteiger partial charge in [0, 0.05) is 6.20 Å². The SMILES string of the molecule is OC(c1ncccc1F)C(F)F. The molecule has 2 nitrogen and oxygen atoms in total. The van der Waals surface area contributed by atoms with Gasteiger partial charge in [-0.05, 0) is 12.1 Å². The zero-order chi connectivity index (χ0) is 9.14. The minimum absolute atomic E-state index is 0.618. The second-order valence-corrected chi connectivity index (χ2v) is 2.15. The number of aliphatic hydroxyl groups is 1. The molecule has 0 saturated heterocycles. The van der Waals surface area contributed by atoms with Crippen molar-refractivity contribution in [2.45, 2.75) is 12.5 Å². The van der Waals surface area contributed by atoms with Crippen molar-refractivity contribution in [3.63, 3.8) is 0 Å². The van der Waals surface area contributed by atoms with E-state index in [0.29, 0.717) is 0 Å². The number of alkyl halides is 2. The molecule has 1 aromatic heterocycles. The summed E-state index contributed by atoms with van der Waals surface area (Å²) in [6.45, 7) is 0. The highest BCUT2D eigenvalue weighted by molar-refractivity contribution is 5.10. The summed E-state index contributed by atoms with van der Waals surface area (Å²) in [7, 11) is 0. The highest BCUT2D eigenvalue weighted by Gasteiger charge is 2.23. The Balaban J connectivity index is 2.94. The van der Waals surface area contributed by atoms with Crippen molar-refractivity contribution in [2.75, 3.05) is 0 Å². The summed E-state index contributed by atoms with van der Waals surface area (Å²) < 4.78 is 36.3. The predicted molar refractivity (Wildman–Crippen MR) is 35.2 cm³/mol. The van der Waals surface area contributed by atoms with Crippen LogP contribution in [-0.2, 0) is 0 Å². The maximum absolute atomic E-state index is 12.6. The predicted octanol–water partition coefficient (Wildman–Crippen LogP) is 1.52. The molecule has 0 aromatic carbocycles. The molecule has 1 rings (SSSR count). The van der Waals surface area contributed by atoms with Gasteiger partial charge in [-0.2, -0.15) is 0 Å². The van der Waals surface area contributed by atoms with Crippen molar-refractivity contribution in [1.82, 2.24) is 4.98 Å². The first-order valence-corrected chi connectivity index (χ1v) is 3.19. The molecule has 1 atom stereocenters. The molecule has 12 heavy (non-hydrogen) atoms. The molecule has 1 heterocycles. The summed E-state index contributed by atoms with van der Waals surface area (Å²) in [5.74, 6) is -0.926. The number of nitrogens with zero attached hydrogens (tertiary/aromatic N) is 1. The van der Waals surface area contributed by atoms with Crippen LogP contribution in [0.15, 0.2) is 18.3 Å². The van der Waals surface area contributed by atoms with Crippen molar-refractivity contribution in [2.24, 2.45) is 0 Å². The second kappa shape index (κ2) is 3.53. The Morgan fingerprint density at radius 2 is 2.08 bits per heavy atom. The molecule has 0 amide bonds. The first-order chi connectivity index (χ1) is 5.63. The molecular weight excluding hydrogens is 171 g/mol. The summed E-state index contributed by atoms with van der Waals surface area (Å²) in [6.07, 6.45) is -4.02. The molecule has 0 aliphatic rings. The lowest BCUT2D eigenvalue weighted by Crippen LogP contribution is -2.11. The lowest BCUT2D eigenvalue weighted by molar-refractivity contribution is -0.0103. The van der Waals surface area contributed by atoms with Gasteiger partial charge >= 0.3 is 0 Å². The summed E-state index contributed by atoms with van der Waals surface area (Å²) in [4.78, 5) is 3.29. The average molecular weight is 177 g/mol. The molecule has 0 fully saturated rings. The van der Waals surface area contributed by atoms with E-state index in [1.807, 2.05) is 0 Å². The lowest BCUT2D eigenvalue weighted by atomic mass is 10.2. The molecular formula is C7H6F3NO. The Morgan fingerprint density at radius 1 is 1.42 bits per heavy atom. The quantitative estimate of drug-likeness (QED) is 0.742. The van der Waals surface area contributed by atoms with E-state index < -0.39 is 24.0 Å². The number of aliphatic hydroxyl groups excluding tert-OH is 1. The van der Waals surface area contributed by atoms with E-state index in [4.69, 9.17) is 5.11 Å². The van der Waals surface area contributed by atoms with Gasteiger partial charge < -0.3 is 5.11 Å². The standard InChI is InChI=1S/C7H6F3NO/c8-4-2-1-3-11-5(4)6(12)7(9)10/h1-3,6-7,12H. The van der Waals surface area contributed by atoms with Crippen molar-refractivity contribution >= 4 is 0 Å². The third kappa shape index (κ3) is 1.73. The Bertz CT molecular complexity index is 267. The van der Waals surface area contributed by atoms with E-state index in [1.54, 1.807) is 0 Å². The van der Waals surface area contributed by atoms with Crippen molar-refractivity contribution in [3.8, 4) is 0 Å². The molecule has 1 N–H and O–H groups in total. The number of aromatic nitrogens is 1.